The summed E-state index contributed by atoms with van der Waals surface area (Å²) in [6.07, 6.45) is 0.870. The molecular formula is C23H29NO. The van der Waals surface area contributed by atoms with Crippen molar-refractivity contribution in [2.75, 3.05) is 6.61 Å². The first kappa shape index (κ1) is 19.1. The monoisotopic (exact) mass is 335 g/mol. The molecule has 0 spiro atoms. The number of hydrogen-bond acceptors (Lipinski definition) is 2. The second-order valence-electron chi connectivity index (χ2n) is 7.78. The number of rotatable bonds is 7. The highest BCUT2D eigenvalue weighted by Crippen LogP contribution is 2.32. The van der Waals surface area contributed by atoms with E-state index in [1.807, 2.05) is 12.1 Å². The van der Waals surface area contributed by atoms with Crippen LogP contribution < -0.4 is 4.74 Å². The van der Waals surface area contributed by atoms with Crippen LogP contribution in [-0.4, -0.2) is 6.61 Å². The molecule has 0 amide bonds. The van der Waals surface area contributed by atoms with Crippen LogP contribution in [-0.2, 0) is 5.41 Å². The van der Waals surface area contributed by atoms with Crippen molar-refractivity contribution in [2.24, 2.45) is 11.8 Å². The van der Waals surface area contributed by atoms with Gasteiger partial charge in [-0.2, -0.15) is 5.26 Å². The summed E-state index contributed by atoms with van der Waals surface area (Å²) < 4.78 is 5.83. The van der Waals surface area contributed by atoms with Crippen LogP contribution in [0.1, 0.15) is 50.8 Å². The van der Waals surface area contributed by atoms with E-state index in [-0.39, 0.29) is 11.3 Å². The highest BCUT2D eigenvalue weighted by Gasteiger charge is 2.23. The number of ether oxygens (including phenoxy) is 1. The fourth-order valence-electron chi connectivity index (χ4n) is 3.03. The fourth-order valence-corrected chi connectivity index (χ4v) is 3.03. The Morgan fingerprint density at radius 1 is 0.960 bits per heavy atom. The minimum atomic E-state index is -0.0565. The molecule has 2 rings (SSSR count). The lowest BCUT2D eigenvalue weighted by Crippen LogP contribution is -2.18. The number of hydrogen-bond donors (Lipinski definition) is 0. The van der Waals surface area contributed by atoms with E-state index in [0.29, 0.717) is 12.5 Å². The minimum Gasteiger partial charge on any atom is -0.492 e. The van der Waals surface area contributed by atoms with Crippen molar-refractivity contribution in [1.82, 2.24) is 0 Å². The summed E-state index contributed by atoms with van der Waals surface area (Å²) in [5, 5.41) is 9.22. The summed E-state index contributed by atoms with van der Waals surface area (Å²) in [5.74, 6) is 1.28. The van der Waals surface area contributed by atoms with Gasteiger partial charge < -0.3 is 4.74 Å². The molecule has 0 heterocycles. The molecule has 2 aromatic rings. The first-order valence-electron chi connectivity index (χ1n) is 9.03. The third-order valence-corrected chi connectivity index (χ3v) is 4.74. The Balaban J connectivity index is 2.06. The van der Waals surface area contributed by atoms with Gasteiger partial charge in [-0.3, -0.25) is 0 Å². The van der Waals surface area contributed by atoms with E-state index in [1.165, 1.54) is 16.7 Å². The Bertz CT molecular complexity index is 705. The summed E-state index contributed by atoms with van der Waals surface area (Å²) in [6.45, 7) is 11.3. The molecule has 1 unspecified atom stereocenters. The molecule has 0 aliphatic carbocycles. The van der Waals surface area contributed by atoms with Gasteiger partial charge in [-0.1, -0.05) is 69.7 Å². The molecule has 0 aliphatic rings. The van der Waals surface area contributed by atoms with Gasteiger partial charge in [0.05, 0.1) is 12.0 Å². The van der Waals surface area contributed by atoms with Crippen LogP contribution in [0.15, 0.2) is 48.5 Å². The number of nitrogens with zero attached hydrogens (tertiary/aromatic N) is 1. The van der Waals surface area contributed by atoms with E-state index in [2.05, 4.69) is 77.1 Å². The zero-order valence-electron chi connectivity index (χ0n) is 16.0. The van der Waals surface area contributed by atoms with E-state index in [0.717, 1.165) is 12.2 Å². The number of benzene rings is 2. The molecule has 2 nitrogen and oxygen atoms in total. The summed E-state index contributed by atoms with van der Waals surface area (Å²) in [6, 6.07) is 19.3. The highest BCUT2D eigenvalue weighted by molar-refractivity contribution is 5.40. The van der Waals surface area contributed by atoms with Gasteiger partial charge in [-0.25, -0.2) is 0 Å². The molecule has 0 N–H and O–H groups in total. The SMILES string of the molecule is Cc1ccc(C(C)(C)c2ccc(OCC(C#N)CC(C)C)cc2)cc1. The lowest BCUT2D eigenvalue weighted by atomic mass is 9.78. The first-order valence-corrected chi connectivity index (χ1v) is 9.03. The topological polar surface area (TPSA) is 33.0 Å². The zero-order valence-corrected chi connectivity index (χ0v) is 16.0. The Kier molecular flexibility index (Phi) is 6.26. The molecule has 25 heavy (non-hydrogen) atoms. The van der Waals surface area contributed by atoms with E-state index < -0.39 is 0 Å². The Hall–Kier alpha value is -2.27. The molecule has 0 bridgehead atoms. The maximum atomic E-state index is 9.22. The standard InChI is InChI=1S/C23H29NO/c1-17(2)14-19(15-24)16-25-22-12-10-21(11-13-22)23(4,5)20-8-6-18(3)7-9-20/h6-13,17,19H,14,16H2,1-5H3. The third-order valence-electron chi connectivity index (χ3n) is 4.74. The zero-order chi connectivity index (χ0) is 18.4. The second-order valence-corrected chi connectivity index (χ2v) is 7.78. The Labute approximate surface area is 152 Å². The fraction of sp³-hybridized carbons (Fsp3) is 0.435. The molecule has 0 radical (unpaired) electrons. The molecule has 0 fully saturated rings. The molecule has 0 aliphatic heterocycles. The quantitative estimate of drug-likeness (QED) is 0.632. The molecule has 0 saturated carbocycles. The van der Waals surface area contributed by atoms with Crippen molar-refractivity contribution in [1.29, 1.82) is 5.26 Å². The van der Waals surface area contributed by atoms with Crippen molar-refractivity contribution in [3.05, 3.63) is 65.2 Å². The van der Waals surface area contributed by atoms with Gasteiger partial charge in [0.15, 0.2) is 0 Å². The van der Waals surface area contributed by atoms with E-state index in [9.17, 15) is 5.26 Å². The van der Waals surface area contributed by atoms with Gasteiger partial charge in [-0.05, 0) is 42.5 Å². The van der Waals surface area contributed by atoms with Gasteiger partial charge in [0.2, 0.25) is 0 Å². The predicted molar refractivity (Wildman–Crippen MR) is 104 cm³/mol. The van der Waals surface area contributed by atoms with Gasteiger partial charge in [0.25, 0.3) is 0 Å². The van der Waals surface area contributed by atoms with Crippen molar-refractivity contribution in [2.45, 2.75) is 46.5 Å². The van der Waals surface area contributed by atoms with Gasteiger partial charge in [0.1, 0.15) is 12.4 Å². The van der Waals surface area contributed by atoms with Crippen LogP contribution in [0.2, 0.25) is 0 Å². The van der Waals surface area contributed by atoms with Crippen molar-refractivity contribution in [3.8, 4) is 11.8 Å². The van der Waals surface area contributed by atoms with E-state index >= 15 is 0 Å². The van der Waals surface area contributed by atoms with Crippen LogP contribution >= 0.6 is 0 Å². The van der Waals surface area contributed by atoms with E-state index in [1.54, 1.807) is 0 Å². The Morgan fingerprint density at radius 3 is 1.96 bits per heavy atom. The summed E-state index contributed by atoms with van der Waals surface area (Å²) >= 11 is 0. The maximum absolute atomic E-state index is 9.22. The van der Waals surface area contributed by atoms with E-state index in [4.69, 9.17) is 4.74 Å². The molecule has 2 aromatic carbocycles. The third kappa shape index (κ3) is 5.10. The van der Waals surface area contributed by atoms with Crippen molar-refractivity contribution < 1.29 is 4.74 Å². The van der Waals surface area contributed by atoms with Crippen molar-refractivity contribution in [3.63, 3.8) is 0 Å². The molecular weight excluding hydrogens is 306 g/mol. The van der Waals surface area contributed by atoms with Crippen LogP contribution in [0, 0.1) is 30.1 Å². The van der Waals surface area contributed by atoms with Gasteiger partial charge in [-0.15, -0.1) is 0 Å². The van der Waals surface area contributed by atoms with Crippen LogP contribution in [0.5, 0.6) is 5.75 Å². The number of aryl methyl sites for hydroxylation is 1. The molecule has 0 aromatic heterocycles. The lowest BCUT2D eigenvalue weighted by molar-refractivity contribution is 0.260. The molecule has 132 valence electrons. The molecule has 0 saturated heterocycles. The molecule has 2 heteroatoms. The smallest absolute Gasteiger partial charge is 0.119 e. The lowest BCUT2D eigenvalue weighted by Gasteiger charge is -2.26. The van der Waals surface area contributed by atoms with Crippen LogP contribution in [0.3, 0.4) is 0 Å². The predicted octanol–water partition coefficient (Wildman–Crippen LogP) is 5.89. The average molecular weight is 335 g/mol. The summed E-state index contributed by atoms with van der Waals surface area (Å²) in [5.41, 5.74) is 3.77. The highest BCUT2D eigenvalue weighted by atomic mass is 16.5. The largest absolute Gasteiger partial charge is 0.492 e. The summed E-state index contributed by atoms with van der Waals surface area (Å²) in [4.78, 5) is 0. The maximum Gasteiger partial charge on any atom is 0.119 e. The number of nitriles is 1. The minimum absolute atomic E-state index is 0.0522. The second kappa shape index (κ2) is 8.21. The summed E-state index contributed by atoms with van der Waals surface area (Å²) in [7, 11) is 0. The van der Waals surface area contributed by atoms with Gasteiger partial charge in [0, 0.05) is 5.41 Å². The average Bonchev–Trinajstić information content (AvgIpc) is 2.59. The van der Waals surface area contributed by atoms with Gasteiger partial charge >= 0.3 is 0 Å². The first-order chi connectivity index (χ1) is 11.8. The Morgan fingerprint density at radius 2 is 1.48 bits per heavy atom. The van der Waals surface area contributed by atoms with Crippen molar-refractivity contribution >= 4 is 0 Å². The molecule has 1 atom stereocenters. The van der Waals surface area contributed by atoms with Crippen LogP contribution in [0.4, 0.5) is 0 Å². The van der Waals surface area contributed by atoms with Crippen LogP contribution in [0.25, 0.3) is 0 Å². The normalized spacial score (nSPS) is 12.7.